The Morgan fingerprint density at radius 2 is 2.21 bits per heavy atom. The smallest absolute Gasteiger partial charge is 0.251 e. The quantitative estimate of drug-likeness (QED) is 0.881. The summed E-state index contributed by atoms with van der Waals surface area (Å²) in [5, 5.41) is 6.13. The number of furan rings is 1. The van der Waals surface area contributed by atoms with Crippen molar-refractivity contribution in [2.75, 3.05) is 13.6 Å². The third-order valence-electron chi connectivity index (χ3n) is 3.56. The molecular formula is C15H16N2O2. The van der Waals surface area contributed by atoms with Gasteiger partial charge in [-0.15, -0.1) is 0 Å². The number of carbonyl (C=O) groups is 1. The highest BCUT2D eigenvalue weighted by Crippen LogP contribution is 2.25. The lowest BCUT2D eigenvalue weighted by Crippen LogP contribution is -2.32. The van der Waals surface area contributed by atoms with Gasteiger partial charge in [0.1, 0.15) is 0 Å². The molecule has 0 aliphatic carbocycles. The Kier molecular flexibility index (Phi) is 3.09. The van der Waals surface area contributed by atoms with Crippen molar-refractivity contribution in [3.05, 3.63) is 59.0 Å². The van der Waals surface area contributed by atoms with Crippen LogP contribution in [0.4, 0.5) is 0 Å². The molecule has 2 N–H and O–H groups in total. The molecule has 3 rings (SSSR count). The van der Waals surface area contributed by atoms with Crippen LogP contribution in [0, 0.1) is 0 Å². The fourth-order valence-corrected chi connectivity index (χ4v) is 2.57. The number of nitrogens with one attached hydrogen (secondary N) is 2. The van der Waals surface area contributed by atoms with Gasteiger partial charge in [-0.25, -0.2) is 0 Å². The average molecular weight is 256 g/mol. The van der Waals surface area contributed by atoms with Crippen LogP contribution in [0.5, 0.6) is 0 Å². The Labute approximate surface area is 111 Å². The van der Waals surface area contributed by atoms with Crippen molar-refractivity contribution in [3.63, 3.8) is 0 Å². The molecule has 4 heteroatoms. The first-order valence-corrected chi connectivity index (χ1v) is 6.40. The van der Waals surface area contributed by atoms with Crippen molar-refractivity contribution in [2.45, 2.75) is 12.5 Å². The van der Waals surface area contributed by atoms with E-state index < -0.39 is 0 Å². The van der Waals surface area contributed by atoms with Crippen molar-refractivity contribution in [2.24, 2.45) is 0 Å². The van der Waals surface area contributed by atoms with Crippen LogP contribution in [-0.2, 0) is 6.42 Å². The number of benzene rings is 1. The fraction of sp³-hybridized carbons (Fsp3) is 0.267. The van der Waals surface area contributed by atoms with Crippen LogP contribution in [0.2, 0.25) is 0 Å². The van der Waals surface area contributed by atoms with E-state index >= 15 is 0 Å². The van der Waals surface area contributed by atoms with E-state index in [-0.39, 0.29) is 11.9 Å². The highest BCUT2D eigenvalue weighted by molar-refractivity contribution is 5.96. The van der Waals surface area contributed by atoms with E-state index in [4.69, 9.17) is 4.42 Å². The molecule has 0 spiro atoms. The van der Waals surface area contributed by atoms with E-state index in [0.29, 0.717) is 0 Å². The Bertz CT molecular complexity index is 590. The molecule has 0 saturated heterocycles. The summed E-state index contributed by atoms with van der Waals surface area (Å²) in [6.07, 6.45) is 4.28. The molecule has 19 heavy (non-hydrogen) atoms. The predicted molar refractivity (Wildman–Crippen MR) is 72.1 cm³/mol. The summed E-state index contributed by atoms with van der Waals surface area (Å²) in [6, 6.07) is 8.07. The van der Waals surface area contributed by atoms with Gasteiger partial charge in [0, 0.05) is 17.7 Å². The predicted octanol–water partition coefficient (Wildman–Crippen LogP) is 1.87. The molecule has 1 aliphatic rings. The van der Waals surface area contributed by atoms with E-state index in [1.807, 2.05) is 25.2 Å². The van der Waals surface area contributed by atoms with Gasteiger partial charge in [0.05, 0.1) is 18.6 Å². The minimum atomic E-state index is 0.0187. The van der Waals surface area contributed by atoms with Crippen molar-refractivity contribution in [3.8, 4) is 0 Å². The van der Waals surface area contributed by atoms with Crippen LogP contribution >= 0.6 is 0 Å². The topological polar surface area (TPSA) is 54.3 Å². The molecule has 2 heterocycles. The molecule has 1 unspecified atom stereocenters. The second kappa shape index (κ2) is 4.90. The molecule has 0 bridgehead atoms. The van der Waals surface area contributed by atoms with Crippen molar-refractivity contribution < 1.29 is 9.21 Å². The monoisotopic (exact) mass is 256 g/mol. The Morgan fingerprint density at radius 1 is 1.32 bits per heavy atom. The molecule has 1 aromatic carbocycles. The largest absolute Gasteiger partial charge is 0.472 e. The zero-order valence-electron chi connectivity index (χ0n) is 10.8. The molecule has 1 atom stereocenters. The molecule has 1 aromatic heterocycles. The van der Waals surface area contributed by atoms with E-state index in [1.165, 1.54) is 0 Å². The molecule has 1 amide bonds. The first-order valence-electron chi connectivity index (χ1n) is 6.40. The van der Waals surface area contributed by atoms with Crippen LogP contribution in [0.3, 0.4) is 0 Å². The summed E-state index contributed by atoms with van der Waals surface area (Å²) < 4.78 is 5.13. The van der Waals surface area contributed by atoms with Gasteiger partial charge in [-0.3, -0.25) is 4.79 Å². The lowest BCUT2D eigenvalue weighted by molar-refractivity contribution is 0.0946. The number of amides is 1. The maximum Gasteiger partial charge on any atom is 0.251 e. The normalized spacial score (nSPS) is 15.7. The summed E-state index contributed by atoms with van der Waals surface area (Å²) in [4.78, 5) is 11.9. The third kappa shape index (κ3) is 2.15. The zero-order chi connectivity index (χ0) is 13.2. The van der Waals surface area contributed by atoms with E-state index in [9.17, 15) is 4.79 Å². The van der Waals surface area contributed by atoms with Gasteiger partial charge >= 0.3 is 0 Å². The van der Waals surface area contributed by atoms with Crippen LogP contribution in [0.15, 0.2) is 41.2 Å². The Balaban J connectivity index is 2.01. The molecule has 0 fully saturated rings. The van der Waals surface area contributed by atoms with Crippen molar-refractivity contribution in [1.82, 2.24) is 10.6 Å². The molecule has 0 radical (unpaired) electrons. The SMILES string of the molecule is CNC(c1ccoc1)c1ccc2c(c1)C(=O)NCC2. The van der Waals surface area contributed by atoms with Crippen LogP contribution in [0.1, 0.15) is 33.1 Å². The third-order valence-corrected chi connectivity index (χ3v) is 3.56. The lowest BCUT2D eigenvalue weighted by Gasteiger charge is -2.20. The van der Waals surface area contributed by atoms with Crippen LogP contribution in [0.25, 0.3) is 0 Å². The Morgan fingerprint density at radius 3 is 2.95 bits per heavy atom. The zero-order valence-corrected chi connectivity index (χ0v) is 10.8. The van der Waals surface area contributed by atoms with E-state index in [0.717, 1.165) is 35.2 Å². The molecule has 2 aromatic rings. The van der Waals surface area contributed by atoms with E-state index in [2.05, 4.69) is 16.7 Å². The maximum absolute atomic E-state index is 11.9. The lowest BCUT2D eigenvalue weighted by atomic mass is 9.93. The number of fused-ring (bicyclic) bond motifs is 1. The van der Waals surface area contributed by atoms with Gasteiger partial charge in [0.2, 0.25) is 0 Å². The average Bonchev–Trinajstić information content (AvgIpc) is 2.94. The summed E-state index contributed by atoms with van der Waals surface area (Å²) in [5.74, 6) is 0.0187. The van der Waals surface area contributed by atoms with Crippen LogP contribution in [-0.4, -0.2) is 19.5 Å². The van der Waals surface area contributed by atoms with Crippen molar-refractivity contribution in [1.29, 1.82) is 0 Å². The fourth-order valence-electron chi connectivity index (χ4n) is 2.57. The highest BCUT2D eigenvalue weighted by Gasteiger charge is 2.20. The Hall–Kier alpha value is -2.07. The number of hydrogen-bond acceptors (Lipinski definition) is 3. The number of hydrogen-bond donors (Lipinski definition) is 2. The molecule has 4 nitrogen and oxygen atoms in total. The van der Waals surface area contributed by atoms with Gasteiger partial charge in [-0.05, 0) is 36.7 Å². The van der Waals surface area contributed by atoms with Gasteiger partial charge in [0.25, 0.3) is 5.91 Å². The minimum absolute atomic E-state index is 0.0187. The first-order chi connectivity index (χ1) is 9.29. The van der Waals surface area contributed by atoms with E-state index in [1.54, 1.807) is 12.5 Å². The standard InChI is InChI=1S/C15H16N2O2/c1-16-14(12-5-7-19-9-12)11-3-2-10-4-6-17-15(18)13(10)8-11/h2-3,5,7-9,14,16H,4,6H2,1H3,(H,17,18). The summed E-state index contributed by atoms with van der Waals surface area (Å²) in [5.41, 5.74) is 4.03. The number of rotatable bonds is 3. The minimum Gasteiger partial charge on any atom is -0.472 e. The van der Waals surface area contributed by atoms with Gasteiger partial charge in [0.15, 0.2) is 0 Å². The second-order valence-electron chi connectivity index (χ2n) is 4.70. The summed E-state index contributed by atoms with van der Waals surface area (Å²) >= 11 is 0. The van der Waals surface area contributed by atoms with Crippen LogP contribution < -0.4 is 10.6 Å². The van der Waals surface area contributed by atoms with Crippen molar-refractivity contribution >= 4 is 5.91 Å². The maximum atomic E-state index is 11.9. The molecular weight excluding hydrogens is 240 g/mol. The summed E-state index contributed by atoms with van der Waals surface area (Å²) in [6.45, 7) is 0.725. The second-order valence-corrected chi connectivity index (χ2v) is 4.70. The molecule has 98 valence electrons. The van der Waals surface area contributed by atoms with Gasteiger partial charge in [-0.2, -0.15) is 0 Å². The molecule has 0 saturated carbocycles. The highest BCUT2D eigenvalue weighted by atomic mass is 16.3. The number of carbonyl (C=O) groups excluding carboxylic acids is 1. The van der Waals surface area contributed by atoms with Gasteiger partial charge in [-0.1, -0.05) is 12.1 Å². The summed E-state index contributed by atoms with van der Waals surface area (Å²) in [7, 11) is 1.90. The first kappa shape index (κ1) is 12.0. The van der Waals surface area contributed by atoms with Gasteiger partial charge < -0.3 is 15.1 Å². The molecule has 1 aliphatic heterocycles.